The van der Waals surface area contributed by atoms with Gasteiger partial charge in [0.1, 0.15) is 42.0 Å². The molecule has 266 valence electrons. The Hall–Kier alpha value is -3.94. The van der Waals surface area contributed by atoms with Crippen LogP contribution in [-0.2, 0) is 28.6 Å². The van der Waals surface area contributed by atoms with Crippen LogP contribution in [0.15, 0.2) is 101 Å². The maximum absolute atomic E-state index is 13.3. The van der Waals surface area contributed by atoms with Gasteiger partial charge in [0, 0.05) is 16.8 Å². The lowest BCUT2D eigenvalue weighted by atomic mass is 9.79. The number of nitrogens with one attached hydrogen (secondary N) is 1. The van der Waals surface area contributed by atoms with Gasteiger partial charge in [0.05, 0.1) is 14.2 Å². The van der Waals surface area contributed by atoms with Crippen molar-refractivity contribution in [2.24, 2.45) is 0 Å². The van der Waals surface area contributed by atoms with Crippen LogP contribution in [0, 0.1) is 0 Å². The smallest absolute Gasteiger partial charge is 0.497 e. The van der Waals surface area contributed by atoms with Gasteiger partial charge < -0.3 is 23.4 Å². The Balaban J connectivity index is 1.79. The second-order valence-corrected chi connectivity index (χ2v) is 19.0. The first-order valence-electron chi connectivity index (χ1n) is 16.2. The molecule has 0 amide bonds. The Morgan fingerprint density at radius 1 is 0.840 bits per heavy atom. The minimum Gasteiger partial charge on any atom is -0.497 e. The molecule has 5 atom stereocenters. The van der Waals surface area contributed by atoms with E-state index in [4.69, 9.17) is 27.9 Å². The third kappa shape index (κ3) is 7.69. The molecule has 1 aliphatic rings. The molecule has 50 heavy (non-hydrogen) atoms. The van der Waals surface area contributed by atoms with Crippen molar-refractivity contribution in [2.45, 2.75) is 69.0 Å². The van der Waals surface area contributed by atoms with E-state index in [1.165, 1.54) is 16.8 Å². The van der Waals surface area contributed by atoms with Gasteiger partial charge in [0.2, 0.25) is 0 Å². The van der Waals surface area contributed by atoms with Gasteiger partial charge in [-0.05, 0) is 59.1 Å². The standard InChI is InChI=1S/C36H43N2O10PSi/c1-35(2,3)50(6,7)48-32-31(29(23-45-49(41)42)46-33(32)38-22-21-30(39)37-34(38)40)47-36(24-11-9-8-10-12-24,25-13-17-27(43-4)18-14-25)26-15-19-28(44-5)20-16-26/h8-22,29,31-33H,23H2,1-7H3,(H-,37,39,40,41,42)/p+1/t29-,31?,32?,33-/m1/s1. The predicted octanol–water partition coefficient (Wildman–Crippen LogP) is 5.89. The van der Waals surface area contributed by atoms with Gasteiger partial charge in [-0.3, -0.25) is 14.3 Å². The summed E-state index contributed by atoms with van der Waals surface area (Å²) in [7, 11) is -2.49. The molecule has 3 unspecified atom stereocenters. The molecule has 1 aromatic heterocycles. The monoisotopic (exact) mass is 723 g/mol. The highest BCUT2D eigenvalue weighted by atomic mass is 31.1. The van der Waals surface area contributed by atoms with E-state index in [0.717, 1.165) is 16.7 Å². The number of nitrogens with zero attached hydrogens (tertiary/aromatic N) is 1. The Kier molecular flexibility index (Phi) is 11.3. The topological polar surface area (TPSA) is 148 Å². The van der Waals surface area contributed by atoms with Crippen molar-refractivity contribution in [2.75, 3.05) is 20.8 Å². The van der Waals surface area contributed by atoms with Crippen molar-refractivity contribution in [3.8, 4) is 11.5 Å². The van der Waals surface area contributed by atoms with Gasteiger partial charge in [-0.2, -0.15) is 0 Å². The summed E-state index contributed by atoms with van der Waals surface area (Å²) in [5.74, 6) is 1.29. The fourth-order valence-electron chi connectivity index (χ4n) is 5.85. The molecule has 3 aromatic carbocycles. The highest BCUT2D eigenvalue weighted by Gasteiger charge is 2.55. The molecule has 0 spiro atoms. The Morgan fingerprint density at radius 3 is 1.86 bits per heavy atom. The van der Waals surface area contributed by atoms with Crippen LogP contribution in [0.25, 0.3) is 0 Å². The van der Waals surface area contributed by atoms with Crippen molar-refractivity contribution in [3.63, 3.8) is 0 Å². The summed E-state index contributed by atoms with van der Waals surface area (Å²) < 4.78 is 50.5. The van der Waals surface area contributed by atoms with Crippen molar-refractivity contribution in [3.05, 3.63) is 129 Å². The zero-order chi connectivity index (χ0) is 36.3. The van der Waals surface area contributed by atoms with E-state index >= 15 is 0 Å². The Morgan fingerprint density at radius 2 is 1.38 bits per heavy atom. The lowest BCUT2D eigenvalue weighted by Gasteiger charge is -2.43. The normalized spacial score (nSPS) is 20.0. The van der Waals surface area contributed by atoms with E-state index in [0.29, 0.717) is 11.5 Å². The van der Waals surface area contributed by atoms with Crippen molar-refractivity contribution < 1.29 is 37.4 Å². The minimum absolute atomic E-state index is 0.274. The molecule has 2 heterocycles. The number of ether oxygens (including phenoxy) is 4. The molecule has 0 bridgehead atoms. The van der Waals surface area contributed by atoms with Crippen LogP contribution in [0.1, 0.15) is 43.7 Å². The molecule has 1 fully saturated rings. The van der Waals surface area contributed by atoms with E-state index in [-0.39, 0.29) is 11.6 Å². The Labute approximate surface area is 293 Å². The highest BCUT2D eigenvalue weighted by Crippen LogP contribution is 2.48. The van der Waals surface area contributed by atoms with Crippen molar-refractivity contribution >= 4 is 16.6 Å². The molecular formula is C36H44N2O10PSi+. The van der Waals surface area contributed by atoms with Gasteiger partial charge in [-0.15, -0.1) is 9.42 Å². The molecule has 12 nitrogen and oxygen atoms in total. The maximum Gasteiger partial charge on any atom is 0.694 e. The quantitative estimate of drug-likeness (QED) is 0.0973. The summed E-state index contributed by atoms with van der Waals surface area (Å²) in [6.07, 6.45) is -2.74. The lowest BCUT2D eigenvalue weighted by molar-refractivity contribution is -0.108. The number of methoxy groups -OCH3 is 2. The summed E-state index contributed by atoms with van der Waals surface area (Å²) in [4.78, 5) is 37.4. The van der Waals surface area contributed by atoms with Crippen LogP contribution < -0.4 is 20.7 Å². The molecule has 1 saturated heterocycles. The number of hydrogen-bond donors (Lipinski definition) is 2. The molecule has 1 aliphatic heterocycles. The van der Waals surface area contributed by atoms with E-state index in [2.05, 4.69) is 38.8 Å². The van der Waals surface area contributed by atoms with Gasteiger partial charge in [-0.25, -0.2) is 4.79 Å². The van der Waals surface area contributed by atoms with Gasteiger partial charge in [0.25, 0.3) is 5.56 Å². The van der Waals surface area contributed by atoms with E-state index in [9.17, 15) is 19.0 Å². The number of H-pyrrole nitrogens is 1. The number of benzene rings is 3. The van der Waals surface area contributed by atoms with E-state index in [1.807, 2.05) is 78.9 Å². The second kappa shape index (κ2) is 15.1. The first-order valence-corrected chi connectivity index (χ1v) is 20.2. The third-order valence-electron chi connectivity index (χ3n) is 9.48. The van der Waals surface area contributed by atoms with Gasteiger partial charge in [-0.1, -0.05) is 75.4 Å². The minimum atomic E-state index is -3.01. The largest absolute Gasteiger partial charge is 0.694 e. The van der Waals surface area contributed by atoms with Crippen LogP contribution >= 0.6 is 8.25 Å². The van der Waals surface area contributed by atoms with Crippen LogP contribution in [0.5, 0.6) is 11.5 Å². The van der Waals surface area contributed by atoms with E-state index in [1.54, 1.807) is 14.2 Å². The third-order valence-corrected chi connectivity index (χ3v) is 14.3. The molecule has 2 N–H and O–H groups in total. The van der Waals surface area contributed by atoms with Crippen molar-refractivity contribution in [1.29, 1.82) is 0 Å². The Bertz CT molecular complexity index is 1830. The number of hydrogen-bond acceptors (Lipinski definition) is 9. The molecule has 0 saturated carbocycles. The average Bonchev–Trinajstić information content (AvgIpc) is 3.41. The molecule has 0 aliphatic carbocycles. The molecule has 14 heteroatoms. The SMILES string of the molecule is COc1ccc(C(OC2C(O[Si](C)(C)C(C)(C)C)[C@H](n3ccc(=O)[nH]c3=O)O[C@@H]2CO[P+](=O)O)(c2ccccc2)c2ccc(OC)cc2)cc1. The summed E-state index contributed by atoms with van der Waals surface area (Å²) >= 11 is 0. The zero-order valence-corrected chi connectivity index (χ0v) is 31.1. The van der Waals surface area contributed by atoms with Crippen LogP contribution in [0.2, 0.25) is 18.1 Å². The van der Waals surface area contributed by atoms with Gasteiger partial charge >= 0.3 is 13.9 Å². The predicted molar refractivity (Wildman–Crippen MR) is 190 cm³/mol. The molecular weight excluding hydrogens is 679 g/mol. The first-order chi connectivity index (χ1) is 23.7. The first kappa shape index (κ1) is 37.3. The lowest BCUT2D eigenvalue weighted by Crippen LogP contribution is -2.52. The van der Waals surface area contributed by atoms with Crippen LogP contribution in [0.3, 0.4) is 0 Å². The number of rotatable bonds is 13. The molecule has 4 aromatic rings. The van der Waals surface area contributed by atoms with Crippen LogP contribution in [-0.4, -0.2) is 61.9 Å². The van der Waals surface area contributed by atoms with Gasteiger partial charge in [0.15, 0.2) is 14.5 Å². The number of aromatic nitrogens is 2. The highest BCUT2D eigenvalue weighted by molar-refractivity contribution is 7.32. The average molecular weight is 724 g/mol. The maximum atomic E-state index is 13.3. The number of aromatic amines is 1. The summed E-state index contributed by atoms with van der Waals surface area (Å²) in [6.45, 7) is 10.0. The molecule has 0 radical (unpaired) electrons. The van der Waals surface area contributed by atoms with E-state index < -0.39 is 58.0 Å². The molecule has 5 rings (SSSR count). The summed E-state index contributed by atoms with van der Waals surface area (Å²) in [5, 5.41) is -0.274. The summed E-state index contributed by atoms with van der Waals surface area (Å²) in [6, 6.07) is 25.9. The fraction of sp³-hybridized carbons (Fsp3) is 0.389. The summed E-state index contributed by atoms with van der Waals surface area (Å²) in [5.41, 5.74) is -0.388. The van der Waals surface area contributed by atoms with Crippen molar-refractivity contribution in [1.82, 2.24) is 9.55 Å². The second-order valence-electron chi connectivity index (χ2n) is 13.5. The zero-order valence-electron chi connectivity index (χ0n) is 29.2. The fourth-order valence-corrected chi connectivity index (χ4v) is 7.41. The van der Waals surface area contributed by atoms with Crippen LogP contribution in [0.4, 0.5) is 0 Å².